The van der Waals surface area contributed by atoms with E-state index in [2.05, 4.69) is 25.7 Å². The number of rotatable bonds is 3. The van der Waals surface area contributed by atoms with Crippen LogP contribution in [0.4, 0.5) is 19.0 Å². The summed E-state index contributed by atoms with van der Waals surface area (Å²) in [5.74, 6) is -1.49. The lowest BCUT2D eigenvalue weighted by atomic mass is 10.3. The highest BCUT2D eigenvalue weighted by molar-refractivity contribution is 14.1. The van der Waals surface area contributed by atoms with Crippen LogP contribution >= 0.6 is 38.5 Å². The summed E-state index contributed by atoms with van der Waals surface area (Å²) < 4.78 is 39.9. The zero-order valence-corrected chi connectivity index (χ0v) is 11.5. The molecular weight excluding hydrogens is 424 g/mol. The monoisotopic (exact) mass is 426 g/mol. The first-order valence-electron chi connectivity index (χ1n) is 3.90. The van der Waals surface area contributed by atoms with Crippen molar-refractivity contribution < 1.29 is 22.8 Å². The third kappa shape index (κ3) is 3.94. The zero-order valence-electron chi connectivity index (χ0n) is 7.79. The minimum Gasteiger partial charge on any atom is -0.366 e. The largest absolute Gasteiger partial charge is 0.575 e. The lowest BCUT2D eigenvalue weighted by Gasteiger charge is -2.08. The summed E-state index contributed by atoms with van der Waals surface area (Å²) in [4.78, 5) is 12.9. The highest BCUT2D eigenvalue weighted by Crippen LogP contribution is 2.31. The molecule has 0 radical (unpaired) electrons. The van der Waals surface area contributed by atoms with Gasteiger partial charge < -0.3 is 14.9 Å². The molecule has 0 fully saturated rings. The highest BCUT2D eigenvalue weighted by Gasteiger charge is 2.36. The van der Waals surface area contributed by atoms with Crippen LogP contribution in [0.5, 0.6) is 5.88 Å². The van der Waals surface area contributed by atoms with Crippen LogP contribution in [0.25, 0.3) is 0 Å². The predicted octanol–water partition coefficient (Wildman–Crippen LogP) is 3.39. The molecule has 0 aliphatic rings. The highest BCUT2D eigenvalue weighted by atomic mass is 127. The van der Waals surface area contributed by atoms with Gasteiger partial charge in [-0.2, -0.15) is 0 Å². The number of hydrogen-bond donors (Lipinski definition) is 0. The van der Waals surface area contributed by atoms with E-state index in [1.807, 2.05) is 0 Å². The summed E-state index contributed by atoms with van der Waals surface area (Å²) in [6.45, 7) is 0. The predicted molar refractivity (Wildman–Crippen MR) is 62.9 cm³/mol. The van der Waals surface area contributed by atoms with Crippen LogP contribution in [0.2, 0.25) is 0 Å². The van der Waals surface area contributed by atoms with E-state index in [0.717, 1.165) is 0 Å². The molecule has 5 nitrogen and oxygen atoms in total. The fraction of sp³-hybridized carbons (Fsp3) is 0.286. The Morgan fingerprint density at radius 3 is 2.59 bits per heavy atom. The van der Waals surface area contributed by atoms with Crippen molar-refractivity contribution in [1.82, 2.24) is 4.98 Å². The fourth-order valence-corrected chi connectivity index (χ4v) is 2.02. The Morgan fingerprint density at radius 2 is 2.18 bits per heavy atom. The second kappa shape index (κ2) is 5.33. The molecular formula is C7H3BrF3IN2O3. The van der Waals surface area contributed by atoms with Gasteiger partial charge in [-0.05, 0) is 33.6 Å². The Hall–Kier alpha value is -0.650. The Kier molecular flexibility index (Phi) is 4.52. The van der Waals surface area contributed by atoms with Crippen LogP contribution in [0, 0.1) is 13.7 Å². The number of hydrogen-bond acceptors (Lipinski definition) is 4. The van der Waals surface area contributed by atoms with Gasteiger partial charge in [-0.1, -0.05) is 15.9 Å². The normalized spacial score (nSPS) is 11.4. The van der Waals surface area contributed by atoms with Gasteiger partial charge in [0, 0.05) is 10.3 Å². The van der Waals surface area contributed by atoms with E-state index in [1.165, 1.54) is 6.07 Å². The third-order valence-corrected chi connectivity index (χ3v) is 2.92. The van der Waals surface area contributed by atoms with Gasteiger partial charge in [0.1, 0.15) is 3.57 Å². The first kappa shape index (κ1) is 14.4. The summed E-state index contributed by atoms with van der Waals surface area (Å²) in [5.41, 5.74) is 0.0809. The van der Waals surface area contributed by atoms with Crippen LogP contribution in [-0.4, -0.2) is 16.3 Å². The molecule has 0 amide bonds. The minimum absolute atomic E-state index is 0.0411. The summed E-state index contributed by atoms with van der Waals surface area (Å²) >= 11 is 4.57. The standard InChI is InChI=1S/C7H3BrF3IN2O3/c8-2-3-1-4(12)5(14(15)16)13-6(3)17-7(9,10)11/h1H,2H2. The van der Waals surface area contributed by atoms with Crippen LogP contribution in [0.1, 0.15) is 5.56 Å². The molecule has 0 aliphatic carbocycles. The van der Waals surface area contributed by atoms with Gasteiger partial charge in [-0.25, -0.2) is 0 Å². The van der Waals surface area contributed by atoms with Crippen molar-refractivity contribution in [2.75, 3.05) is 0 Å². The average Bonchev–Trinajstić information content (AvgIpc) is 2.17. The molecule has 0 saturated heterocycles. The number of nitrogens with zero attached hydrogens (tertiary/aromatic N) is 2. The van der Waals surface area contributed by atoms with Gasteiger partial charge in [0.05, 0.1) is 5.56 Å². The van der Waals surface area contributed by atoms with Crippen molar-refractivity contribution in [2.45, 2.75) is 11.7 Å². The Bertz CT molecular complexity index is 455. The van der Waals surface area contributed by atoms with Gasteiger partial charge in [0.2, 0.25) is 0 Å². The van der Waals surface area contributed by atoms with E-state index < -0.39 is 23.0 Å². The Labute approximate surface area is 115 Å². The molecule has 1 heterocycles. The molecule has 10 heteroatoms. The van der Waals surface area contributed by atoms with E-state index in [0.29, 0.717) is 0 Å². The number of ether oxygens (including phenoxy) is 1. The molecule has 94 valence electrons. The van der Waals surface area contributed by atoms with Gasteiger partial charge in [-0.15, -0.1) is 13.2 Å². The van der Waals surface area contributed by atoms with Crippen LogP contribution in [0.15, 0.2) is 6.07 Å². The number of alkyl halides is 4. The molecule has 0 aromatic carbocycles. The van der Waals surface area contributed by atoms with Gasteiger partial charge >= 0.3 is 18.1 Å². The fourth-order valence-electron chi connectivity index (χ4n) is 0.922. The van der Waals surface area contributed by atoms with E-state index >= 15 is 0 Å². The van der Waals surface area contributed by atoms with E-state index in [4.69, 9.17) is 0 Å². The maximum Gasteiger partial charge on any atom is 0.575 e. The van der Waals surface area contributed by atoms with Crippen molar-refractivity contribution in [3.63, 3.8) is 0 Å². The van der Waals surface area contributed by atoms with Crippen molar-refractivity contribution in [1.29, 1.82) is 0 Å². The molecule has 0 atom stereocenters. The average molecular weight is 427 g/mol. The molecule has 0 N–H and O–H groups in total. The van der Waals surface area contributed by atoms with E-state index in [-0.39, 0.29) is 14.5 Å². The summed E-state index contributed by atoms with van der Waals surface area (Å²) in [7, 11) is 0. The molecule has 0 spiro atoms. The van der Waals surface area contributed by atoms with Crippen LogP contribution in [0.3, 0.4) is 0 Å². The van der Waals surface area contributed by atoms with E-state index in [1.54, 1.807) is 22.6 Å². The smallest absolute Gasteiger partial charge is 0.366 e. The summed E-state index contributed by atoms with van der Waals surface area (Å²) in [6.07, 6.45) is -4.94. The maximum atomic E-state index is 12.0. The SMILES string of the molecule is O=[N+]([O-])c1nc(OC(F)(F)F)c(CBr)cc1I. The third-order valence-electron chi connectivity index (χ3n) is 1.53. The molecule has 0 bridgehead atoms. The van der Waals surface area contributed by atoms with E-state index in [9.17, 15) is 23.3 Å². The number of aromatic nitrogens is 1. The summed E-state index contributed by atoms with van der Waals surface area (Å²) in [5, 5.41) is 10.6. The second-order valence-electron chi connectivity index (χ2n) is 2.70. The van der Waals surface area contributed by atoms with Crippen molar-refractivity contribution in [2.24, 2.45) is 0 Å². The number of nitro groups is 1. The topological polar surface area (TPSA) is 65.3 Å². The molecule has 1 aromatic rings. The Morgan fingerprint density at radius 1 is 1.59 bits per heavy atom. The van der Waals surface area contributed by atoms with Crippen molar-refractivity contribution >= 4 is 44.3 Å². The lowest BCUT2D eigenvalue weighted by Crippen LogP contribution is -2.19. The minimum atomic E-state index is -4.94. The maximum absolute atomic E-state index is 12.0. The van der Waals surface area contributed by atoms with Crippen molar-refractivity contribution in [3.8, 4) is 5.88 Å². The second-order valence-corrected chi connectivity index (χ2v) is 4.42. The van der Waals surface area contributed by atoms with Crippen LogP contribution in [-0.2, 0) is 5.33 Å². The van der Waals surface area contributed by atoms with Gasteiger partial charge in [0.15, 0.2) is 0 Å². The molecule has 0 unspecified atom stereocenters. The number of halogens is 5. The van der Waals surface area contributed by atoms with Gasteiger partial charge in [0.25, 0.3) is 0 Å². The first-order chi connectivity index (χ1) is 7.74. The quantitative estimate of drug-likeness (QED) is 0.321. The number of pyridine rings is 1. The molecule has 17 heavy (non-hydrogen) atoms. The molecule has 1 aromatic heterocycles. The molecule has 0 aliphatic heterocycles. The first-order valence-corrected chi connectivity index (χ1v) is 6.10. The zero-order chi connectivity index (χ0) is 13.2. The Balaban J connectivity index is 3.26. The lowest BCUT2D eigenvalue weighted by molar-refractivity contribution is -0.391. The van der Waals surface area contributed by atoms with Crippen molar-refractivity contribution in [3.05, 3.63) is 25.3 Å². The van der Waals surface area contributed by atoms with Gasteiger partial charge in [-0.3, -0.25) is 0 Å². The summed E-state index contributed by atoms with van der Waals surface area (Å²) in [6, 6.07) is 1.21. The molecule has 0 saturated carbocycles. The van der Waals surface area contributed by atoms with Crippen LogP contribution < -0.4 is 4.74 Å². The molecule has 1 rings (SSSR count).